The van der Waals surface area contributed by atoms with Crippen molar-refractivity contribution in [3.05, 3.63) is 95.3 Å². The fourth-order valence-corrected chi connectivity index (χ4v) is 4.66. The molecule has 0 unspecified atom stereocenters. The van der Waals surface area contributed by atoms with E-state index in [0.29, 0.717) is 22.8 Å². The van der Waals surface area contributed by atoms with Crippen LogP contribution < -0.4 is 16.0 Å². The van der Waals surface area contributed by atoms with E-state index in [4.69, 9.17) is 15.4 Å². The lowest BCUT2D eigenvalue weighted by Crippen LogP contribution is -2.35. The van der Waals surface area contributed by atoms with Crippen LogP contribution in [0, 0.1) is 31.1 Å². The smallest absolute Gasteiger partial charge is 0.242 e. The van der Waals surface area contributed by atoms with Crippen LogP contribution in [0.25, 0.3) is 33.3 Å². The largest absolute Gasteiger partial charge is 0.393 e. The van der Waals surface area contributed by atoms with Crippen LogP contribution in [0.5, 0.6) is 0 Å². The fourth-order valence-electron chi connectivity index (χ4n) is 4.66. The Bertz CT molecular complexity index is 1930. The third kappa shape index (κ3) is 5.61. The van der Waals surface area contributed by atoms with Crippen LogP contribution in [0.1, 0.15) is 35.1 Å². The van der Waals surface area contributed by atoms with Gasteiger partial charge in [-0.15, -0.1) is 0 Å². The van der Waals surface area contributed by atoms with E-state index in [2.05, 4.69) is 32.8 Å². The number of nitrogens with one attached hydrogen (secondary N) is 4. The summed E-state index contributed by atoms with van der Waals surface area (Å²) in [4.78, 5) is 26.7. The highest BCUT2D eigenvalue weighted by atomic mass is 16.2. The van der Waals surface area contributed by atoms with E-state index in [1.165, 1.54) is 6.21 Å². The maximum absolute atomic E-state index is 12.7. The van der Waals surface area contributed by atoms with Gasteiger partial charge in [0, 0.05) is 59.6 Å². The molecule has 1 amide bonds. The van der Waals surface area contributed by atoms with Crippen LogP contribution in [0.4, 0.5) is 5.82 Å². The number of carbonyl (C=O) groups is 1. The van der Waals surface area contributed by atoms with Gasteiger partial charge in [0.25, 0.3) is 0 Å². The molecule has 0 spiro atoms. The summed E-state index contributed by atoms with van der Waals surface area (Å²) < 4.78 is 1.98. The van der Waals surface area contributed by atoms with Gasteiger partial charge in [0.2, 0.25) is 5.91 Å². The van der Waals surface area contributed by atoms with E-state index in [9.17, 15) is 4.79 Å². The third-order valence-corrected chi connectivity index (χ3v) is 7.03. The Morgan fingerprint density at radius 2 is 1.88 bits per heavy atom. The summed E-state index contributed by atoms with van der Waals surface area (Å²) in [5.41, 5.74) is 6.74. The average molecular weight is 557 g/mol. The molecule has 9 nitrogen and oxygen atoms in total. The molecular formula is C33H32N8O. The van der Waals surface area contributed by atoms with Crippen LogP contribution in [0.3, 0.4) is 0 Å². The Balaban J connectivity index is 1.72. The second-order valence-electron chi connectivity index (χ2n) is 9.95. The quantitative estimate of drug-likeness (QED) is 0.170. The van der Waals surface area contributed by atoms with Crippen LogP contribution in [-0.4, -0.2) is 51.6 Å². The molecule has 4 heterocycles. The fraction of sp³-hybridized carbons (Fsp3) is 0.182. The van der Waals surface area contributed by atoms with Crippen molar-refractivity contribution >= 4 is 39.9 Å². The number of fused-ring (bicyclic) bond motifs is 2. The number of hydrogen-bond donors (Lipinski definition) is 4. The van der Waals surface area contributed by atoms with Crippen LogP contribution in [0.15, 0.2) is 67.1 Å². The SMILES string of the molecule is CN/C=C(\C=N)c1nc2cc(C)ccn2c1-c1ccc(NC(=O)[C@H](C)NC)nc1C#Cc1ccc2c(C)nccc2c1. The molecule has 5 aromatic rings. The summed E-state index contributed by atoms with van der Waals surface area (Å²) in [6, 6.07) is 15.2. The van der Waals surface area contributed by atoms with Crippen molar-refractivity contribution in [1.82, 2.24) is 30.0 Å². The number of aryl methyl sites for hydroxylation is 2. The van der Waals surface area contributed by atoms with Crippen LogP contribution >= 0.6 is 0 Å². The zero-order valence-corrected chi connectivity index (χ0v) is 24.2. The molecule has 0 saturated heterocycles. The van der Waals surface area contributed by atoms with Crippen molar-refractivity contribution in [1.29, 1.82) is 5.41 Å². The van der Waals surface area contributed by atoms with Gasteiger partial charge in [-0.25, -0.2) is 9.97 Å². The maximum Gasteiger partial charge on any atom is 0.242 e. The highest BCUT2D eigenvalue weighted by molar-refractivity contribution is 6.10. The predicted octanol–water partition coefficient (Wildman–Crippen LogP) is 4.72. The number of carbonyl (C=O) groups excluding carboxylic acids is 1. The van der Waals surface area contributed by atoms with Crippen molar-refractivity contribution < 1.29 is 4.79 Å². The Hall–Kier alpha value is -5.33. The van der Waals surface area contributed by atoms with Crippen LogP contribution in [0.2, 0.25) is 0 Å². The molecule has 0 aliphatic heterocycles. The zero-order chi connectivity index (χ0) is 29.8. The van der Waals surface area contributed by atoms with E-state index < -0.39 is 6.04 Å². The number of nitrogens with zero attached hydrogens (tertiary/aromatic N) is 4. The molecule has 0 fully saturated rings. The van der Waals surface area contributed by atoms with Gasteiger partial charge in [-0.05, 0) is 87.2 Å². The number of likely N-dealkylation sites (N-methyl/N-ethyl adjacent to an activating group) is 1. The van der Waals surface area contributed by atoms with E-state index in [1.807, 2.05) is 66.9 Å². The number of hydrogen-bond acceptors (Lipinski definition) is 7. The molecule has 0 bridgehead atoms. The van der Waals surface area contributed by atoms with Gasteiger partial charge in [-0.3, -0.25) is 14.2 Å². The Kier molecular flexibility index (Phi) is 8.09. The number of benzene rings is 1. The first-order valence-electron chi connectivity index (χ1n) is 13.6. The standard InChI is InChI=1S/C33H32N8O/c1-20-13-15-41-30(16-20)40-31(25(18-34)19-35-4)32(41)27-9-11-29(39-33(42)22(3)36-5)38-28(27)10-7-23-6-8-26-21(2)37-14-12-24(26)17-23/h6,8-9,11-19,22,34-36H,1-5H3,(H,38,39,42)/b25-19+,34-18?/t22-/m0/s1. The number of allylic oxidation sites excluding steroid dienone is 1. The second-order valence-corrected chi connectivity index (χ2v) is 9.95. The van der Waals surface area contributed by atoms with Crippen molar-refractivity contribution in [2.24, 2.45) is 0 Å². The van der Waals surface area contributed by atoms with E-state index in [1.54, 1.807) is 39.5 Å². The number of pyridine rings is 3. The first-order valence-corrected chi connectivity index (χ1v) is 13.6. The van der Waals surface area contributed by atoms with Gasteiger partial charge in [0.1, 0.15) is 22.9 Å². The number of rotatable bonds is 7. The summed E-state index contributed by atoms with van der Waals surface area (Å²) in [7, 11) is 3.51. The molecule has 5 rings (SSSR count). The molecule has 1 atom stereocenters. The molecule has 1 aromatic carbocycles. The van der Waals surface area contributed by atoms with Crippen molar-refractivity contribution in [2.75, 3.05) is 19.4 Å². The summed E-state index contributed by atoms with van der Waals surface area (Å²) in [5.74, 6) is 6.73. The second kappa shape index (κ2) is 12.0. The van der Waals surface area contributed by atoms with Gasteiger partial charge in [-0.2, -0.15) is 0 Å². The summed E-state index contributed by atoms with van der Waals surface area (Å²) in [6.45, 7) is 5.78. The summed E-state index contributed by atoms with van der Waals surface area (Å²) in [5, 5.41) is 19.1. The molecule has 4 aromatic heterocycles. The van der Waals surface area contributed by atoms with Gasteiger partial charge in [-0.1, -0.05) is 12.0 Å². The van der Waals surface area contributed by atoms with Crippen molar-refractivity contribution in [3.63, 3.8) is 0 Å². The Morgan fingerprint density at radius 1 is 1.05 bits per heavy atom. The molecule has 42 heavy (non-hydrogen) atoms. The monoisotopic (exact) mass is 556 g/mol. The molecule has 9 heteroatoms. The topological polar surface area (TPSA) is 120 Å². The highest BCUT2D eigenvalue weighted by Crippen LogP contribution is 2.32. The Morgan fingerprint density at radius 3 is 2.64 bits per heavy atom. The first kappa shape index (κ1) is 28.2. The van der Waals surface area contributed by atoms with E-state index >= 15 is 0 Å². The minimum Gasteiger partial charge on any atom is -0.393 e. The zero-order valence-electron chi connectivity index (χ0n) is 24.2. The molecule has 0 aliphatic carbocycles. The van der Waals surface area contributed by atoms with Crippen molar-refractivity contribution in [3.8, 4) is 23.1 Å². The summed E-state index contributed by atoms with van der Waals surface area (Å²) >= 11 is 0. The van der Waals surface area contributed by atoms with Gasteiger partial charge < -0.3 is 21.4 Å². The normalized spacial score (nSPS) is 12.1. The number of amides is 1. The number of imidazole rings is 1. The molecule has 0 saturated carbocycles. The molecular weight excluding hydrogens is 524 g/mol. The molecule has 210 valence electrons. The van der Waals surface area contributed by atoms with E-state index in [-0.39, 0.29) is 5.91 Å². The number of aromatic nitrogens is 4. The lowest BCUT2D eigenvalue weighted by molar-refractivity contribution is -0.117. The van der Waals surface area contributed by atoms with Crippen LogP contribution in [-0.2, 0) is 4.79 Å². The van der Waals surface area contributed by atoms with Crippen molar-refractivity contribution in [2.45, 2.75) is 26.8 Å². The maximum atomic E-state index is 12.7. The average Bonchev–Trinajstić information content (AvgIpc) is 3.36. The molecule has 0 aliphatic rings. The molecule has 4 N–H and O–H groups in total. The minimum absolute atomic E-state index is 0.204. The highest BCUT2D eigenvalue weighted by Gasteiger charge is 2.21. The lowest BCUT2D eigenvalue weighted by atomic mass is 10.0. The first-order chi connectivity index (χ1) is 20.3. The third-order valence-electron chi connectivity index (χ3n) is 7.03. The lowest BCUT2D eigenvalue weighted by Gasteiger charge is -2.13. The van der Waals surface area contributed by atoms with E-state index in [0.717, 1.165) is 44.5 Å². The minimum atomic E-state index is -0.396. The van der Waals surface area contributed by atoms with Gasteiger partial charge >= 0.3 is 0 Å². The number of anilines is 1. The van der Waals surface area contributed by atoms with Gasteiger partial charge in [0.15, 0.2) is 0 Å². The summed E-state index contributed by atoms with van der Waals surface area (Å²) in [6.07, 6.45) is 6.76. The Labute approximate surface area is 244 Å². The van der Waals surface area contributed by atoms with Gasteiger partial charge in [0.05, 0.1) is 11.7 Å². The predicted molar refractivity (Wildman–Crippen MR) is 169 cm³/mol. The molecule has 0 radical (unpaired) electrons.